The first-order valence-electron chi connectivity index (χ1n) is 14.1. The van der Waals surface area contributed by atoms with Gasteiger partial charge in [0.05, 0.1) is 0 Å². The van der Waals surface area contributed by atoms with E-state index >= 15 is 0 Å². The molecule has 3 aromatic rings. The van der Waals surface area contributed by atoms with Gasteiger partial charge in [-0.25, -0.2) is 0 Å². The van der Waals surface area contributed by atoms with Crippen molar-refractivity contribution in [3.05, 3.63) is 143 Å². The quantitative estimate of drug-likeness (QED) is 0.298. The highest BCUT2D eigenvalue weighted by molar-refractivity contribution is 5.88. The van der Waals surface area contributed by atoms with E-state index in [0.29, 0.717) is 0 Å². The summed E-state index contributed by atoms with van der Waals surface area (Å²) >= 11 is 0. The van der Waals surface area contributed by atoms with Gasteiger partial charge in [-0.05, 0) is 76.1 Å². The molecule has 0 fully saturated rings. The van der Waals surface area contributed by atoms with Crippen LogP contribution in [0.15, 0.2) is 115 Å². The maximum Gasteiger partial charge on any atom is 0.0454 e. The van der Waals surface area contributed by atoms with Crippen LogP contribution in [0.2, 0.25) is 0 Å². The molecule has 198 valence electrons. The van der Waals surface area contributed by atoms with Crippen molar-refractivity contribution in [3.8, 4) is 0 Å². The molecular formula is C38H41N. The standard InChI is InChI=1S/C38H41N/c1-27-23-24-29-18-13-15-20-31(29)35(27)37(3,4)28(2)17-11-9-8-10-12-22-34-38(5,6)36-32-21-16-14-19-30(32)25-26-33(36)39(34)7/h8-13,15-18,20-26H,2,14,19H2,1,3-7H3/b9-8+,12-10+,17-11+,34-22+. The summed E-state index contributed by atoms with van der Waals surface area (Å²) in [5, 5.41) is 2.58. The summed E-state index contributed by atoms with van der Waals surface area (Å²) < 4.78 is 0. The molecule has 0 atom stereocenters. The van der Waals surface area contributed by atoms with Gasteiger partial charge in [-0.1, -0.05) is 125 Å². The molecule has 2 aliphatic rings. The molecule has 1 heterocycles. The lowest BCUT2D eigenvalue weighted by Crippen LogP contribution is -2.23. The van der Waals surface area contributed by atoms with E-state index in [1.807, 2.05) is 0 Å². The van der Waals surface area contributed by atoms with E-state index in [2.05, 4.69) is 156 Å². The number of allylic oxidation sites excluding steroid dienone is 10. The molecule has 1 nitrogen and oxygen atoms in total. The number of likely N-dealkylation sites (N-methyl/N-ethyl adjacent to an activating group) is 1. The fourth-order valence-corrected chi connectivity index (χ4v) is 6.52. The monoisotopic (exact) mass is 511 g/mol. The van der Waals surface area contributed by atoms with Crippen LogP contribution in [0.25, 0.3) is 16.8 Å². The molecule has 0 saturated heterocycles. The Bertz CT molecular complexity index is 1580. The van der Waals surface area contributed by atoms with Crippen LogP contribution in [0.3, 0.4) is 0 Å². The first kappa shape index (κ1) is 26.8. The Labute approximate surface area is 235 Å². The summed E-state index contributed by atoms with van der Waals surface area (Å²) in [6, 6.07) is 17.7. The SMILES string of the molecule is C=C(/C=C/C=C/C=C/C=C1/N(C)c2ccc3c(c2C1(C)C)C=CCC3)C(C)(C)c1c(C)ccc2ccccc12. The summed E-state index contributed by atoms with van der Waals surface area (Å²) in [6.07, 6.45) is 21.9. The minimum absolute atomic E-state index is 0.0336. The van der Waals surface area contributed by atoms with Gasteiger partial charge in [0.1, 0.15) is 0 Å². The average Bonchev–Trinajstić information content (AvgIpc) is 3.12. The lowest BCUT2D eigenvalue weighted by molar-refractivity contribution is 0.637. The third-order valence-electron chi connectivity index (χ3n) is 8.73. The Morgan fingerprint density at radius 3 is 2.51 bits per heavy atom. The summed E-state index contributed by atoms with van der Waals surface area (Å²) in [4.78, 5) is 2.35. The zero-order valence-corrected chi connectivity index (χ0v) is 24.4. The van der Waals surface area contributed by atoms with E-state index < -0.39 is 0 Å². The first-order valence-corrected chi connectivity index (χ1v) is 14.1. The summed E-state index contributed by atoms with van der Waals surface area (Å²) in [6.45, 7) is 15.9. The van der Waals surface area contributed by atoms with E-state index in [1.54, 1.807) is 0 Å². The van der Waals surface area contributed by atoms with E-state index in [0.717, 1.165) is 18.4 Å². The van der Waals surface area contributed by atoms with Crippen LogP contribution in [-0.4, -0.2) is 7.05 Å². The second-order valence-corrected chi connectivity index (χ2v) is 12.0. The minimum atomic E-state index is -0.169. The maximum atomic E-state index is 4.45. The fourth-order valence-electron chi connectivity index (χ4n) is 6.52. The number of rotatable bonds is 6. The van der Waals surface area contributed by atoms with Crippen molar-refractivity contribution >= 4 is 22.5 Å². The molecule has 0 unspecified atom stereocenters. The Hall–Kier alpha value is -3.84. The predicted molar refractivity (Wildman–Crippen MR) is 172 cm³/mol. The van der Waals surface area contributed by atoms with Crippen molar-refractivity contribution in [2.75, 3.05) is 11.9 Å². The molecule has 0 aromatic heterocycles. The number of nitrogens with zero attached hydrogens (tertiary/aromatic N) is 1. The fraction of sp³-hybridized carbons (Fsp3) is 0.263. The van der Waals surface area contributed by atoms with Crippen molar-refractivity contribution in [3.63, 3.8) is 0 Å². The highest BCUT2D eigenvalue weighted by Gasteiger charge is 2.40. The van der Waals surface area contributed by atoms with Crippen LogP contribution in [0.5, 0.6) is 0 Å². The molecule has 0 N–H and O–H groups in total. The molecule has 0 amide bonds. The lowest BCUT2D eigenvalue weighted by atomic mass is 9.74. The van der Waals surface area contributed by atoms with Crippen molar-refractivity contribution in [2.45, 2.75) is 58.3 Å². The van der Waals surface area contributed by atoms with Gasteiger partial charge in [-0.3, -0.25) is 0 Å². The second kappa shape index (κ2) is 10.4. The summed E-state index contributed by atoms with van der Waals surface area (Å²) in [5.41, 5.74) is 10.6. The Morgan fingerprint density at radius 1 is 0.949 bits per heavy atom. The molecular weight excluding hydrogens is 470 g/mol. The van der Waals surface area contributed by atoms with Crippen LogP contribution in [0, 0.1) is 6.92 Å². The smallest absolute Gasteiger partial charge is 0.0454 e. The van der Waals surface area contributed by atoms with Crippen molar-refractivity contribution in [1.82, 2.24) is 0 Å². The van der Waals surface area contributed by atoms with E-state index in [4.69, 9.17) is 0 Å². The molecule has 0 radical (unpaired) electrons. The zero-order chi connectivity index (χ0) is 27.8. The molecule has 0 bridgehead atoms. The normalized spacial score (nSPS) is 17.7. The second-order valence-electron chi connectivity index (χ2n) is 12.0. The van der Waals surface area contributed by atoms with Crippen LogP contribution >= 0.6 is 0 Å². The first-order chi connectivity index (χ1) is 18.6. The largest absolute Gasteiger partial charge is 0.347 e. The van der Waals surface area contributed by atoms with Gasteiger partial charge < -0.3 is 4.90 Å². The molecule has 1 heteroatoms. The van der Waals surface area contributed by atoms with E-state index in [-0.39, 0.29) is 10.8 Å². The van der Waals surface area contributed by atoms with Gasteiger partial charge >= 0.3 is 0 Å². The molecule has 39 heavy (non-hydrogen) atoms. The lowest BCUT2D eigenvalue weighted by Gasteiger charge is -2.29. The molecule has 5 rings (SSSR count). The van der Waals surface area contributed by atoms with Gasteiger partial charge in [-0.15, -0.1) is 0 Å². The van der Waals surface area contributed by atoms with Crippen molar-refractivity contribution in [2.24, 2.45) is 0 Å². The number of benzene rings is 3. The van der Waals surface area contributed by atoms with Crippen molar-refractivity contribution < 1.29 is 0 Å². The topological polar surface area (TPSA) is 3.24 Å². The maximum absolute atomic E-state index is 4.45. The van der Waals surface area contributed by atoms with Crippen LogP contribution in [0.1, 0.15) is 61.9 Å². The molecule has 1 aliphatic heterocycles. The van der Waals surface area contributed by atoms with Gasteiger partial charge in [0, 0.05) is 29.3 Å². The van der Waals surface area contributed by atoms with Crippen LogP contribution in [-0.2, 0) is 17.3 Å². The van der Waals surface area contributed by atoms with E-state index in [1.165, 1.54) is 50.0 Å². The van der Waals surface area contributed by atoms with E-state index in [9.17, 15) is 0 Å². The van der Waals surface area contributed by atoms with Gasteiger partial charge in [0.25, 0.3) is 0 Å². The third kappa shape index (κ3) is 4.76. The third-order valence-corrected chi connectivity index (χ3v) is 8.73. The number of fused-ring (bicyclic) bond motifs is 4. The number of aryl methyl sites for hydroxylation is 2. The van der Waals surface area contributed by atoms with Gasteiger partial charge in [-0.2, -0.15) is 0 Å². The van der Waals surface area contributed by atoms with Gasteiger partial charge in [0.2, 0.25) is 0 Å². The minimum Gasteiger partial charge on any atom is -0.347 e. The zero-order valence-electron chi connectivity index (χ0n) is 24.4. The van der Waals surface area contributed by atoms with Crippen LogP contribution in [0.4, 0.5) is 5.69 Å². The Morgan fingerprint density at radius 2 is 1.69 bits per heavy atom. The van der Waals surface area contributed by atoms with Crippen molar-refractivity contribution in [1.29, 1.82) is 0 Å². The van der Waals surface area contributed by atoms with Gasteiger partial charge in [0.15, 0.2) is 0 Å². The predicted octanol–water partition coefficient (Wildman–Crippen LogP) is 9.92. The number of anilines is 1. The molecule has 0 spiro atoms. The highest BCUT2D eigenvalue weighted by atomic mass is 15.2. The number of hydrogen-bond donors (Lipinski definition) is 0. The number of hydrogen-bond acceptors (Lipinski definition) is 1. The average molecular weight is 512 g/mol. The van der Waals surface area contributed by atoms with Crippen LogP contribution < -0.4 is 4.90 Å². The molecule has 3 aromatic carbocycles. The summed E-state index contributed by atoms with van der Waals surface area (Å²) in [5.74, 6) is 0. The Kier molecular flexibility index (Phi) is 7.12. The Balaban J connectivity index is 1.30. The molecule has 0 saturated carbocycles. The summed E-state index contributed by atoms with van der Waals surface area (Å²) in [7, 11) is 2.19. The highest BCUT2D eigenvalue weighted by Crippen LogP contribution is 2.50. The molecule has 1 aliphatic carbocycles.